The Morgan fingerprint density at radius 1 is 1.15 bits per heavy atom. The molecule has 1 fully saturated rings. The summed E-state index contributed by atoms with van der Waals surface area (Å²) in [5, 5.41) is 3.10. The van der Waals surface area contributed by atoms with Crippen LogP contribution in [0, 0.1) is 0 Å². The molecule has 3 aromatic rings. The number of hydrogen-bond donors (Lipinski definition) is 1. The Kier molecular flexibility index (Phi) is 4.69. The number of imidazole rings is 1. The summed E-state index contributed by atoms with van der Waals surface area (Å²) in [5.41, 5.74) is 1.01. The summed E-state index contributed by atoms with van der Waals surface area (Å²) in [6, 6.07) is 6.95. The molecule has 0 aliphatic carbocycles. The molecule has 0 aromatic carbocycles. The summed E-state index contributed by atoms with van der Waals surface area (Å²) in [7, 11) is 0. The van der Waals surface area contributed by atoms with Crippen molar-refractivity contribution in [1.29, 1.82) is 0 Å². The molecule has 1 saturated heterocycles. The van der Waals surface area contributed by atoms with Gasteiger partial charge in [-0.1, -0.05) is 6.07 Å². The van der Waals surface area contributed by atoms with Gasteiger partial charge in [-0.2, -0.15) is 13.2 Å². The Balaban J connectivity index is 1.32. The van der Waals surface area contributed by atoms with Gasteiger partial charge in [0.1, 0.15) is 23.5 Å². The lowest BCUT2D eigenvalue weighted by molar-refractivity contribution is -0.141. The molecule has 4 heterocycles. The zero-order valence-electron chi connectivity index (χ0n) is 14.5. The van der Waals surface area contributed by atoms with Gasteiger partial charge >= 0.3 is 6.18 Å². The highest BCUT2D eigenvalue weighted by atomic mass is 19.4. The molecule has 0 atom stereocenters. The average molecular weight is 376 g/mol. The number of aromatic nitrogens is 4. The molecule has 4 rings (SSSR count). The summed E-state index contributed by atoms with van der Waals surface area (Å²) >= 11 is 0. The SMILES string of the molecule is FC(F)(F)c1cc(NC2CCN(Cc3cn4ccccc4n3)CC2)ncn1. The predicted octanol–water partition coefficient (Wildman–Crippen LogP) is 3.22. The molecule has 1 aliphatic heterocycles. The molecule has 0 radical (unpaired) electrons. The number of halogens is 3. The van der Waals surface area contributed by atoms with E-state index in [0.717, 1.165) is 56.2 Å². The molecule has 9 heteroatoms. The Morgan fingerprint density at radius 3 is 2.70 bits per heavy atom. The van der Waals surface area contributed by atoms with Crippen LogP contribution in [0.15, 0.2) is 43.0 Å². The van der Waals surface area contributed by atoms with Crippen LogP contribution >= 0.6 is 0 Å². The van der Waals surface area contributed by atoms with Gasteiger partial charge in [0, 0.05) is 44.1 Å². The molecular formula is C18H19F3N6. The van der Waals surface area contributed by atoms with E-state index in [1.54, 1.807) is 0 Å². The Hall–Kier alpha value is -2.68. The van der Waals surface area contributed by atoms with Crippen molar-refractivity contribution in [3.63, 3.8) is 0 Å². The molecule has 3 aromatic heterocycles. The van der Waals surface area contributed by atoms with Crippen molar-refractivity contribution < 1.29 is 13.2 Å². The van der Waals surface area contributed by atoms with Crippen molar-refractivity contribution in [3.8, 4) is 0 Å². The number of hydrogen-bond acceptors (Lipinski definition) is 5. The number of nitrogens with zero attached hydrogens (tertiary/aromatic N) is 5. The topological polar surface area (TPSA) is 58.4 Å². The summed E-state index contributed by atoms with van der Waals surface area (Å²) in [6.45, 7) is 2.46. The lowest BCUT2D eigenvalue weighted by Gasteiger charge is -2.32. The van der Waals surface area contributed by atoms with Crippen molar-refractivity contribution in [3.05, 3.63) is 54.4 Å². The Bertz CT molecular complexity index is 882. The molecule has 27 heavy (non-hydrogen) atoms. The summed E-state index contributed by atoms with van der Waals surface area (Å²) in [4.78, 5) is 14.1. The summed E-state index contributed by atoms with van der Waals surface area (Å²) in [6.07, 6.45) is 2.15. The van der Waals surface area contributed by atoms with Crippen LogP contribution in [0.4, 0.5) is 19.0 Å². The van der Waals surface area contributed by atoms with E-state index in [1.165, 1.54) is 0 Å². The molecule has 0 saturated carbocycles. The first-order valence-electron chi connectivity index (χ1n) is 8.78. The highest BCUT2D eigenvalue weighted by molar-refractivity contribution is 5.39. The van der Waals surface area contributed by atoms with Gasteiger partial charge in [0.05, 0.1) is 5.69 Å². The van der Waals surface area contributed by atoms with Crippen LogP contribution in [0.1, 0.15) is 24.2 Å². The van der Waals surface area contributed by atoms with Crippen LogP contribution in [-0.4, -0.2) is 43.4 Å². The van der Waals surface area contributed by atoms with Gasteiger partial charge in [0.25, 0.3) is 0 Å². The van der Waals surface area contributed by atoms with E-state index < -0.39 is 11.9 Å². The fourth-order valence-corrected chi connectivity index (χ4v) is 3.33. The number of anilines is 1. The van der Waals surface area contributed by atoms with Gasteiger partial charge < -0.3 is 9.72 Å². The molecule has 142 valence electrons. The Labute approximate surface area is 154 Å². The van der Waals surface area contributed by atoms with Gasteiger partial charge in [-0.25, -0.2) is 15.0 Å². The third kappa shape index (κ3) is 4.19. The number of piperidine rings is 1. The maximum atomic E-state index is 12.7. The standard InChI is InChI=1S/C18H19F3N6/c19-18(20,21)15-9-16(23-12-22-15)24-13-4-7-26(8-5-13)10-14-11-27-6-2-1-3-17(27)25-14/h1-3,6,9,11-13H,4-5,7-8,10H2,(H,22,23,24). The van der Waals surface area contributed by atoms with Crippen LogP contribution in [0.5, 0.6) is 0 Å². The number of rotatable bonds is 4. The molecule has 0 unspecified atom stereocenters. The van der Waals surface area contributed by atoms with Crippen LogP contribution in [0.2, 0.25) is 0 Å². The van der Waals surface area contributed by atoms with E-state index in [9.17, 15) is 13.2 Å². The average Bonchev–Trinajstić information content (AvgIpc) is 3.05. The number of fused-ring (bicyclic) bond motifs is 1. The smallest absolute Gasteiger partial charge is 0.367 e. The molecule has 1 aliphatic rings. The zero-order valence-corrected chi connectivity index (χ0v) is 14.5. The Morgan fingerprint density at radius 2 is 1.96 bits per heavy atom. The summed E-state index contributed by atoms with van der Waals surface area (Å²) in [5.74, 6) is 0.219. The van der Waals surface area contributed by atoms with E-state index in [1.807, 2.05) is 35.0 Å². The highest BCUT2D eigenvalue weighted by Crippen LogP contribution is 2.28. The van der Waals surface area contributed by atoms with Gasteiger partial charge in [-0.15, -0.1) is 0 Å². The quantitative estimate of drug-likeness (QED) is 0.758. The highest BCUT2D eigenvalue weighted by Gasteiger charge is 2.33. The zero-order chi connectivity index (χ0) is 18.9. The van der Waals surface area contributed by atoms with E-state index in [-0.39, 0.29) is 11.9 Å². The van der Waals surface area contributed by atoms with Crippen molar-refractivity contribution >= 4 is 11.5 Å². The molecule has 0 bridgehead atoms. The van der Waals surface area contributed by atoms with Crippen LogP contribution in [0.25, 0.3) is 5.65 Å². The first kappa shape index (κ1) is 17.7. The van der Waals surface area contributed by atoms with Crippen LogP contribution < -0.4 is 5.32 Å². The van der Waals surface area contributed by atoms with Crippen molar-refractivity contribution in [2.45, 2.75) is 31.6 Å². The molecule has 0 amide bonds. The molecule has 0 spiro atoms. The maximum absolute atomic E-state index is 12.7. The maximum Gasteiger partial charge on any atom is 0.433 e. The van der Waals surface area contributed by atoms with Crippen molar-refractivity contribution in [2.75, 3.05) is 18.4 Å². The third-order valence-corrected chi connectivity index (χ3v) is 4.70. The number of likely N-dealkylation sites (tertiary alicyclic amines) is 1. The van der Waals surface area contributed by atoms with Gasteiger partial charge in [0.15, 0.2) is 0 Å². The van der Waals surface area contributed by atoms with Gasteiger partial charge in [-0.05, 0) is 25.0 Å². The molecular weight excluding hydrogens is 357 g/mol. The van der Waals surface area contributed by atoms with E-state index >= 15 is 0 Å². The lowest BCUT2D eigenvalue weighted by atomic mass is 10.0. The van der Waals surface area contributed by atoms with Gasteiger partial charge in [-0.3, -0.25) is 4.90 Å². The number of nitrogens with one attached hydrogen (secondary N) is 1. The first-order chi connectivity index (χ1) is 13.0. The van der Waals surface area contributed by atoms with Gasteiger partial charge in [0.2, 0.25) is 0 Å². The van der Waals surface area contributed by atoms with Crippen molar-refractivity contribution in [1.82, 2.24) is 24.3 Å². The van der Waals surface area contributed by atoms with Crippen molar-refractivity contribution in [2.24, 2.45) is 0 Å². The molecule has 6 nitrogen and oxygen atoms in total. The minimum absolute atomic E-state index is 0.0957. The van der Waals surface area contributed by atoms with Crippen LogP contribution in [-0.2, 0) is 12.7 Å². The van der Waals surface area contributed by atoms with E-state index in [2.05, 4.69) is 25.2 Å². The number of pyridine rings is 1. The van der Waals surface area contributed by atoms with Crippen LogP contribution in [0.3, 0.4) is 0 Å². The fraction of sp³-hybridized carbons (Fsp3) is 0.389. The summed E-state index contributed by atoms with van der Waals surface area (Å²) < 4.78 is 40.2. The monoisotopic (exact) mass is 376 g/mol. The lowest BCUT2D eigenvalue weighted by Crippen LogP contribution is -2.38. The second-order valence-electron chi connectivity index (χ2n) is 6.68. The largest absolute Gasteiger partial charge is 0.433 e. The molecule has 1 N–H and O–H groups in total. The first-order valence-corrected chi connectivity index (χ1v) is 8.78. The number of alkyl halides is 3. The predicted molar refractivity (Wildman–Crippen MR) is 94.1 cm³/mol. The fourth-order valence-electron chi connectivity index (χ4n) is 3.33. The normalized spacial score (nSPS) is 16.7. The van der Waals surface area contributed by atoms with E-state index in [0.29, 0.717) is 0 Å². The second kappa shape index (κ2) is 7.15. The second-order valence-corrected chi connectivity index (χ2v) is 6.68. The van der Waals surface area contributed by atoms with E-state index in [4.69, 9.17) is 0 Å². The third-order valence-electron chi connectivity index (χ3n) is 4.70. The minimum Gasteiger partial charge on any atom is -0.367 e. The minimum atomic E-state index is -4.46.